The van der Waals surface area contributed by atoms with Crippen molar-refractivity contribution in [2.24, 2.45) is 0 Å². The zero-order valence-corrected chi connectivity index (χ0v) is 19.8. The molecule has 1 heterocycles. The molecule has 0 saturated carbocycles. The predicted octanol–water partition coefficient (Wildman–Crippen LogP) is 6.06. The maximum absolute atomic E-state index is 13.7. The monoisotopic (exact) mass is 456 g/mol. The molecule has 0 radical (unpaired) electrons. The largest absolute Gasteiger partial charge is 0.489 e. The summed E-state index contributed by atoms with van der Waals surface area (Å²) in [5.74, 6) is 0.726. The molecule has 168 valence electrons. The van der Waals surface area contributed by atoms with Gasteiger partial charge in [-0.3, -0.25) is 4.79 Å². The number of Topliss-reactive ketones (excluding diaryl/α,β-unsaturated/α-hetero) is 1. The first-order valence-electron chi connectivity index (χ1n) is 11.2. The van der Waals surface area contributed by atoms with Gasteiger partial charge in [0.25, 0.3) is 0 Å². The molecule has 0 amide bonds. The van der Waals surface area contributed by atoms with Crippen molar-refractivity contribution in [2.75, 3.05) is 6.54 Å². The number of ketones is 1. The van der Waals surface area contributed by atoms with E-state index in [1.54, 1.807) is 0 Å². The van der Waals surface area contributed by atoms with Crippen LogP contribution in [0.4, 0.5) is 0 Å². The van der Waals surface area contributed by atoms with Crippen molar-refractivity contribution in [3.63, 3.8) is 0 Å². The Hall–Kier alpha value is -3.44. The van der Waals surface area contributed by atoms with Crippen LogP contribution in [0.2, 0.25) is 0 Å². The summed E-state index contributed by atoms with van der Waals surface area (Å²) in [5, 5.41) is 4.06. The van der Waals surface area contributed by atoms with Crippen LogP contribution in [0.15, 0.2) is 96.2 Å². The van der Waals surface area contributed by atoms with Gasteiger partial charge >= 0.3 is 0 Å². The summed E-state index contributed by atoms with van der Waals surface area (Å²) in [6, 6.07) is 26.9. The van der Waals surface area contributed by atoms with Crippen molar-refractivity contribution < 1.29 is 9.53 Å². The lowest BCUT2D eigenvalue weighted by Gasteiger charge is -2.38. The summed E-state index contributed by atoms with van der Waals surface area (Å²) in [4.78, 5) is 15.8. The SMILES string of the molecule is CCCN1C(=S)NC(c2ccccc2OCc2ccccc2)C(C(=O)c2ccccc2)=C1C. The molecule has 3 aromatic carbocycles. The number of hydrogen-bond acceptors (Lipinski definition) is 3. The fourth-order valence-electron chi connectivity index (χ4n) is 4.13. The minimum atomic E-state index is -0.398. The second kappa shape index (κ2) is 10.5. The van der Waals surface area contributed by atoms with Crippen LogP contribution in [0.25, 0.3) is 0 Å². The highest BCUT2D eigenvalue weighted by Gasteiger charge is 2.35. The van der Waals surface area contributed by atoms with Gasteiger partial charge in [-0.15, -0.1) is 0 Å². The first kappa shape index (κ1) is 22.7. The van der Waals surface area contributed by atoms with Crippen molar-refractivity contribution in [1.29, 1.82) is 0 Å². The molecular formula is C28H28N2O2S. The summed E-state index contributed by atoms with van der Waals surface area (Å²) in [6.07, 6.45) is 0.924. The number of carbonyl (C=O) groups is 1. The van der Waals surface area contributed by atoms with Crippen molar-refractivity contribution in [1.82, 2.24) is 10.2 Å². The number of benzene rings is 3. The Morgan fingerprint density at radius 2 is 1.61 bits per heavy atom. The topological polar surface area (TPSA) is 41.6 Å². The number of allylic oxidation sites excluding steroid dienone is 1. The molecule has 1 unspecified atom stereocenters. The Balaban J connectivity index is 1.75. The Bertz CT molecular complexity index is 1160. The van der Waals surface area contributed by atoms with E-state index in [9.17, 15) is 4.79 Å². The van der Waals surface area contributed by atoms with Gasteiger partial charge in [-0.1, -0.05) is 85.8 Å². The van der Waals surface area contributed by atoms with Crippen LogP contribution >= 0.6 is 12.2 Å². The molecule has 0 aromatic heterocycles. The van der Waals surface area contributed by atoms with E-state index < -0.39 is 6.04 Å². The molecular weight excluding hydrogens is 428 g/mol. The highest BCUT2D eigenvalue weighted by atomic mass is 32.1. The summed E-state index contributed by atoms with van der Waals surface area (Å²) in [5.41, 5.74) is 4.22. The summed E-state index contributed by atoms with van der Waals surface area (Å²) in [7, 11) is 0. The molecule has 4 nitrogen and oxygen atoms in total. The van der Waals surface area contributed by atoms with Crippen LogP contribution in [0.5, 0.6) is 5.75 Å². The molecule has 5 heteroatoms. The highest BCUT2D eigenvalue weighted by molar-refractivity contribution is 7.80. The number of nitrogens with one attached hydrogen (secondary N) is 1. The highest BCUT2D eigenvalue weighted by Crippen LogP contribution is 2.37. The quantitative estimate of drug-likeness (QED) is 0.329. The van der Waals surface area contributed by atoms with Crippen LogP contribution < -0.4 is 10.1 Å². The molecule has 0 bridgehead atoms. The zero-order chi connectivity index (χ0) is 23.2. The standard InChI is InChI=1S/C28H28N2O2S/c1-3-18-30-20(2)25(27(31)22-14-8-5-9-15-22)26(29-28(30)33)23-16-10-11-17-24(23)32-19-21-12-6-4-7-13-21/h4-17,26H,3,18-19H2,1-2H3,(H,29,33). The third kappa shape index (κ3) is 4.99. The van der Waals surface area contributed by atoms with E-state index in [-0.39, 0.29) is 5.78 Å². The fraction of sp³-hybridized carbons (Fsp3) is 0.214. The summed E-state index contributed by atoms with van der Waals surface area (Å²) >= 11 is 5.72. The predicted molar refractivity (Wildman–Crippen MR) is 136 cm³/mol. The van der Waals surface area contributed by atoms with Crippen molar-refractivity contribution in [2.45, 2.75) is 32.9 Å². The van der Waals surface area contributed by atoms with E-state index in [1.807, 2.05) is 96.8 Å². The van der Waals surface area contributed by atoms with Crippen molar-refractivity contribution in [3.05, 3.63) is 113 Å². The third-order valence-electron chi connectivity index (χ3n) is 5.79. The molecule has 1 N–H and O–H groups in total. The van der Waals surface area contributed by atoms with Crippen LogP contribution in [0, 0.1) is 0 Å². The Morgan fingerprint density at radius 3 is 2.30 bits per heavy atom. The van der Waals surface area contributed by atoms with Gasteiger partial charge in [0.1, 0.15) is 12.4 Å². The van der Waals surface area contributed by atoms with Gasteiger partial charge in [0.15, 0.2) is 10.9 Å². The van der Waals surface area contributed by atoms with Crippen molar-refractivity contribution in [3.8, 4) is 5.75 Å². The van der Waals surface area contributed by atoms with E-state index in [4.69, 9.17) is 17.0 Å². The smallest absolute Gasteiger partial charge is 0.193 e. The maximum atomic E-state index is 13.7. The average molecular weight is 457 g/mol. The van der Waals surface area contributed by atoms with Gasteiger partial charge in [-0.05, 0) is 37.2 Å². The third-order valence-corrected chi connectivity index (χ3v) is 6.13. The minimum Gasteiger partial charge on any atom is -0.489 e. The first-order chi connectivity index (χ1) is 16.1. The van der Waals surface area contributed by atoms with E-state index in [0.717, 1.165) is 35.5 Å². The first-order valence-corrected chi connectivity index (χ1v) is 11.6. The lowest BCUT2D eigenvalue weighted by atomic mass is 9.88. The number of thiocarbonyl (C=S) groups is 1. The fourth-order valence-corrected chi connectivity index (χ4v) is 4.48. The van der Waals surface area contributed by atoms with Crippen LogP contribution in [-0.4, -0.2) is 22.3 Å². The maximum Gasteiger partial charge on any atom is 0.193 e. The van der Waals surface area contributed by atoms with Crippen LogP contribution in [0.1, 0.15) is 47.8 Å². The van der Waals surface area contributed by atoms with Crippen molar-refractivity contribution >= 4 is 23.1 Å². The van der Waals surface area contributed by atoms with Crippen LogP contribution in [-0.2, 0) is 6.61 Å². The average Bonchev–Trinajstić information content (AvgIpc) is 2.86. The van der Waals surface area contributed by atoms with Gasteiger partial charge < -0.3 is 15.0 Å². The Kier molecular flexibility index (Phi) is 7.20. The molecule has 4 rings (SSSR count). The number of ether oxygens (including phenoxy) is 1. The molecule has 0 fully saturated rings. The Morgan fingerprint density at radius 1 is 0.970 bits per heavy atom. The Labute approximate surface area is 200 Å². The number of hydrogen-bond donors (Lipinski definition) is 1. The van der Waals surface area contributed by atoms with Gasteiger partial charge in [-0.25, -0.2) is 0 Å². The van der Waals surface area contributed by atoms with Gasteiger partial charge in [0.2, 0.25) is 0 Å². The second-order valence-corrected chi connectivity index (χ2v) is 8.43. The summed E-state index contributed by atoms with van der Waals surface area (Å²) in [6.45, 7) is 5.29. The lowest BCUT2D eigenvalue weighted by Crippen LogP contribution is -2.48. The molecule has 0 aliphatic carbocycles. The van der Waals surface area contributed by atoms with E-state index in [0.29, 0.717) is 22.9 Å². The zero-order valence-electron chi connectivity index (χ0n) is 19.0. The lowest BCUT2D eigenvalue weighted by molar-refractivity contribution is 0.102. The molecule has 1 atom stereocenters. The number of nitrogens with zero attached hydrogens (tertiary/aromatic N) is 1. The molecule has 33 heavy (non-hydrogen) atoms. The molecule has 0 saturated heterocycles. The number of rotatable bonds is 8. The normalized spacial score (nSPS) is 15.9. The van der Waals surface area contributed by atoms with E-state index >= 15 is 0 Å². The summed E-state index contributed by atoms with van der Waals surface area (Å²) < 4.78 is 6.22. The number of para-hydroxylation sites is 1. The second-order valence-electron chi connectivity index (χ2n) is 8.04. The molecule has 3 aromatic rings. The van der Waals surface area contributed by atoms with E-state index in [1.165, 1.54) is 0 Å². The van der Waals surface area contributed by atoms with Crippen LogP contribution in [0.3, 0.4) is 0 Å². The number of carbonyl (C=O) groups excluding carboxylic acids is 1. The molecule has 1 aliphatic heterocycles. The van der Waals surface area contributed by atoms with Gasteiger partial charge in [-0.2, -0.15) is 0 Å². The molecule has 0 spiro atoms. The minimum absolute atomic E-state index is 0.00735. The van der Waals surface area contributed by atoms with Gasteiger partial charge in [0, 0.05) is 28.9 Å². The molecule has 1 aliphatic rings. The van der Waals surface area contributed by atoms with Gasteiger partial charge in [0.05, 0.1) is 6.04 Å². The van der Waals surface area contributed by atoms with E-state index in [2.05, 4.69) is 12.2 Å².